The van der Waals surface area contributed by atoms with Crippen molar-refractivity contribution < 1.29 is 28.6 Å². The fourth-order valence-electron chi connectivity index (χ4n) is 2.29. The van der Waals surface area contributed by atoms with Crippen molar-refractivity contribution in [3.05, 3.63) is 40.6 Å². The first kappa shape index (κ1) is 19.6. The molecular weight excluding hydrogens is 364 g/mol. The van der Waals surface area contributed by atoms with Crippen LogP contribution in [0.4, 0.5) is 4.79 Å². The molecule has 1 aromatic rings. The van der Waals surface area contributed by atoms with Gasteiger partial charge < -0.3 is 24.8 Å². The molecule has 1 heterocycles. The van der Waals surface area contributed by atoms with E-state index in [1.807, 2.05) is 0 Å². The van der Waals surface area contributed by atoms with Crippen molar-refractivity contribution in [2.75, 3.05) is 19.8 Å². The van der Waals surface area contributed by atoms with E-state index in [0.29, 0.717) is 10.8 Å². The molecule has 0 aliphatic carbocycles. The van der Waals surface area contributed by atoms with E-state index in [9.17, 15) is 14.4 Å². The lowest BCUT2D eigenvalue weighted by Gasteiger charge is -2.26. The normalized spacial score (nSPS) is 16.4. The first-order valence-electron chi connectivity index (χ1n) is 7.93. The summed E-state index contributed by atoms with van der Waals surface area (Å²) >= 11 is 5.93. The summed E-state index contributed by atoms with van der Waals surface area (Å²) in [6.07, 6.45) is 0. The van der Waals surface area contributed by atoms with Gasteiger partial charge in [0.05, 0.1) is 28.9 Å². The molecule has 1 aromatic carbocycles. The summed E-state index contributed by atoms with van der Waals surface area (Å²) in [6, 6.07) is 5.63. The fourth-order valence-corrected chi connectivity index (χ4v) is 2.48. The summed E-state index contributed by atoms with van der Waals surface area (Å²) in [5.74, 6) is -0.923. The molecule has 0 spiro atoms. The van der Waals surface area contributed by atoms with Gasteiger partial charge in [-0.3, -0.25) is 0 Å². The quantitative estimate of drug-likeness (QED) is 0.697. The predicted molar refractivity (Wildman–Crippen MR) is 92.7 cm³/mol. The molecule has 0 fully saturated rings. The van der Waals surface area contributed by atoms with Gasteiger partial charge in [0.2, 0.25) is 0 Å². The lowest BCUT2D eigenvalue weighted by Crippen LogP contribution is -2.50. The molecule has 0 bridgehead atoms. The zero-order valence-corrected chi connectivity index (χ0v) is 15.1. The van der Waals surface area contributed by atoms with Crippen LogP contribution in [-0.2, 0) is 19.1 Å². The Kier molecular flexibility index (Phi) is 6.85. The highest BCUT2D eigenvalue weighted by Crippen LogP contribution is 2.23. The van der Waals surface area contributed by atoms with Gasteiger partial charge in [-0.1, -0.05) is 23.7 Å². The van der Waals surface area contributed by atoms with Crippen LogP contribution < -0.4 is 15.4 Å². The molecule has 8 nitrogen and oxygen atoms in total. The molecule has 1 atom stereocenters. The Morgan fingerprint density at radius 3 is 2.65 bits per heavy atom. The number of carbonyl (C=O) groups excluding carboxylic acids is 3. The standard InChI is InChI=1S/C17H19ClN2O6/c1-3-24-16(22)15-10(2)19-17(23)20-12(15)8-26-14(21)9-25-13-7-5-4-6-11(13)18/h4-7,10H,3,8-9H2,1-2H3,(H2,19,20,23). The van der Waals surface area contributed by atoms with Crippen LogP contribution in [0, 0.1) is 0 Å². The van der Waals surface area contributed by atoms with Crippen LogP contribution in [0.3, 0.4) is 0 Å². The van der Waals surface area contributed by atoms with Crippen molar-refractivity contribution in [1.82, 2.24) is 10.6 Å². The number of urea groups is 1. The molecule has 1 unspecified atom stereocenters. The molecule has 140 valence electrons. The number of para-hydroxylation sites is 1. The summed E-state index contributed by atoms with van der Waals surface area (Å²) in [6.45, 7) is 2.82. The van der Waals surface area contributed by atoms with Crippen LogP contribution in [0.15, 0.2) is 35.5 Å². The third-order valence-electron chi connectivity index (χ3n) is 3.43. The van der Waals surface area contributed by atoms with Gasteiger partial charge >= 0.3 is 18.0 Å². The number of hydrogen-bond donors (Lipinski definition) is 2. The van der Waals surface area contributed by atoms with Crippen LogP contribution in [0.5, 0.6) is 5.75 Å². The molecule has 1 aliphatic rings. The van der Waals surface area contributed by atoms with Gasteiger partial charge in [0, 0.05) is 0 Å². The predicted octanol–water partition coefficient (Wildman–Crippen LogP) is 1.78. The maximum absolute atomic E-state index is 12.1. The molecular formula is C17H19ClN2O6. The number of hydrogen-bond acceptors (Lipinski definition) is 6. The van der Waals surface area contributed by atoms with Crippen LogP contribution >= 0.6 is 11.6 Å². The van der Waals surface area contributed by atoms with Crippen molar-refractivity contribution in [3.8, 4) is 5.75 Å². The van der Waals surface area contributed by atoms with E-state index >= 15 is 0 Å². The maximum atomic E-state index is 12.1. The monoisotopic (exact) mass is 382 g/mol. The van der Waals surface area contributed by atoms with Gasteiger partial charge in [0.1, 0.15) is 12.4 Å². The Morgan fingerprint density at radius 1 is 1.23 bits per heavy atom. The third kappa shape index (κ3) is 5.13. The van der Waals surface area contributed by atoms with Gasteiger partial charge in [-0.2, -0.15) is 0 Å². The van der Waals surface area contributed by atoms with Crippen molar-refractivity contribution in [3.63, 3.8) is 0 Å². The largest absolute Gasteiger partial charge is 0.480 e. The Balaban J connectivity index is 1.99. The summed E-state index contributed by atoms with van der Waals surface area (Å²) in [4.78, 5) is 35.6. The summed E-state index contributed by atoms with van der Waals surface area (Å²) in [7, 11) is 0. The van der Waals surface area contributed by atoms with Gasteiger partial charge in [0.25, 0.3) is 0 Å². The molecule has 0 aromatic heterocycles. The third-order valence-corrected chi connectivity index (χ3v) is 3.74. The molecule has 26 heavy (non-hydrogen) atoms. The average Bonchev–Trinajstić information content (AvgIpc) is 2.58. The van der Waals surface area contributed by atoms with E-state index in [4.69, 9.17) is 25.8 Å². The number of halogens is 1. The van der Waals surface area contributed by atoms with Crippen molar-refractivity contribution in [1.29, 1.82) is 0 Å². The summed E-state index contributed by atoms with van der Waals surface area (Å²) < 4.78 is 15.3. The zero-order valence-electron chi connectivity index (χ0n) is 14.3. The van der Waals surface area contributed by atoms with Gasteiger partial charge in [-0.15, -0.1) is 0 Å². The Morgan fingerprint density at radius 2 is 1.96 bits per heavy atom. The number of esters is 2. The van der Waals surface area contributed by atoms with E-state index in [2.05, 4.69) is 10.6 Å². The van der Waals surface area contributed by atoms with E-state index in [1.165, 1.54) is 0 Å². The van der Waals surface area contributed by atoms with E-state index in [0.717, 1.165) is 0 Å². The molecule has 2 amide bonds. The van der Waals surface area contributed by atoms with Crippen LogP contribution in [0.2, 0.25) is 5.02 Å². The van der Waals surface area contributed by atoms with Gasteiger partial charge in [0.15, 0.2) is 6.61 Å². The molecule has 9 heteroatoms. The van der Waals surface area contributed by atoms with E-state index < -0.39 is 24.0 Å². The molecule has 2 rings (SSSR count). The Labute approximate surface area is 155 Å². The SMILES string of the molecule is CCOC(=O)C1=C(COC(=O)COc2ccccc2Cl)NC(=O)NC1C. The second-order valence-electron chi connectivity index (χ2n) is 5.31. The fraction of sp³-hybridized carbons (Fsp3) is 0.353. The lowest BCUT2D eigenvalue weighted by atomic mass is 10.0. The Bertz CT molecular complexity index is 734. The number of amides is 2. The highest BCUT2D eigenvalue weighted by molar-refractivity contribution is 6.32. The number of nitrogens with one attached hydrogen (secondary N) is 2. The topological polar surface area (TPSA) is 103 Å². The van der Waals surface area contributed by atoms with Crippen molar-refractivity contribution in [2.45, 2.75) is 19.9 Å². The second kappa shape index (κ2) is 9.10. The zero-order chi connectivity index (χ0) is 19.1. The highest BCUT2D eigenvalue weighted by atomic mass is 35.5. The molecule has 0 saturated carbocycles. The minimum atomic E-state index is -0.680. The molecule has 2 N–H and O–H groups in total. The number of benzene rings is 1. The maximum Gasteiger partial charge on any atom is 0.344 e. The number of ether oxygens (including phenoxy) is 3. The van der Waals surface area contributed by atoms with E-state index in [-0.39, 0.29) is 31.1 Å². The molecule has 1 aliphatic heterocycles. The minimum Gasteiger partial charge on any atom is -0.480 e. The second-order valence-corrected chi connectivity index (χ2v) is 5.72. The van der Waals surface area contributed by atoms with E-state index in [1.54, 1.807) is 38.1 Å². The number of carbonyl (C=O) groups is 3. The molecule has 0 radical (unpaired) electrons. The number of rotatable bonds is 7. The first-order chi connectivity index (χ1) is 12.4. The van der Waals surface area contributed by atoms with Crippen LogP contribution in [0.1, 0.15) is 13.8 Å². The van der Waals surface area contributed by atoms with Gasteiger partial charge in [-0.25, -0.2) is 14.4 Å². The first-order valence-corrected chi connectivity index (χ1v) is 8.30. The highest BCUT2D eigenvalue weighted by Gasteiger charge is 2.30. The summed E-state index contributed by atoms with van der Waals surface area (Å²) in [5, 5.41) is 5.38. The Hall–Kier alpha value is -2.74. The minimum absolute atomic E-state index is 0.172. The smallest absolute Gasteiger partial charge is 0.344 e. The van der Waals surface area contributed by atoms with Crippen LogP contribution in [0.25, 0.3) is 0 Å². The van der Waals surface area contributed by atoms with Crippen molar-refractivity contribution in [2.24, 2.45) is 0 Å². The lowest BCUT2D eigenvalue weighted by molar-refractivity contribution is -0.145. The average molecular weight is 383 g/mol. The van der Waals surface area contributed by atoms with Crippen LogP contribution in [-0.4, -0.2) is 43.8 Å². The molecule has 0 saturated heterocycles. The van der Waals surface area contributed by atoms with Crippen molar-refractivity contribution >= 4 is 29.6 Å². The van der Waals surface area contributed by atoms with Gasteiger partial charge in [-0.05, 0) is 26.0 Å². The summed E-state index contributed by atoms with van der Waals surface area (Å²) in [5.41, 5.74) is 0.372.